The minimum atomic E-state index is -0.225. The zero-order valence-electron chi connectivity index (χ0n) is 14.1. The molecule has 2 fully saturated rings. The first kappa shape index (κ1) is 16.1. The number of morpholine rings is 1. The summed E-state index contributed by atoms with van der Waals surface area (Å²) in [6, 6.07) is 13.3. The zero-order valence-corrected chi connectivity index (χ0v) is 14.1. The Kier molecular flexibility index (Phi) is 4.40. The predicted molar refractivity (Wildman–Crippen MR) is 94.7 cm³/mol. The molecule has 1 aromatic carbocycles. The van der Waals surface area contributed by atoms with Crippen LogP contribution in [0, 0.1) is 0 Å². The molecule has 1 aliphatic heterocycles. The predicted octanol–water partition coefficient (Wildman–Crippen LogP) is 2.29. The Bertz CT molecular complexity index is 815. The maximum absolute atomic E-state index is 13.0. The van der Waals surface area contributed by atoms with Gasteiger partial charge in [-0.25, -0.2) is 0 Å². The normalized spacial score (nSPS) is 22.6. The highest BCUT2D eigenvalue weighted by Gasteiger charge is 2.39. The SMILES string of the molecule is O=C(c1cccn(Cc2ccccc2)c1=O)N1CCO[C@H]2CCC[C@H]21. The molecule has 0 N–H and O–H groups in total. The smallest absolute Gasteiger partial charge is 0.263 e. The number of benzene rings is 1. The van der Waals surface area contributed by atoms with E-state index in [1.165, 1.54) is 0 Å². The van der Waals surface area contributed by atoms with E-state index in [1.807, 2.05) is 35.2 Å². The summed E-state index contributed by atoms with van der Waals surface area (Å²) in [5.74, 6) is -0.160. The second-order valence-electron chi connectivity index (χ2n) is 6.75. The van der Waals surface area contributed by atoms with Crippen molar-refractivity contribution in [2.45, 2.75) is 38.0 Å². The van der Waals surface area contributed by atoms with Crippen molar-refractivity contribution in [3.63, 3.8) is 0 Å². The van der Waals surface area contributed by atoms with E-state index >= 15 is 0 Å². The molecule has 2 aliphatic rings. The molecule has 130 valence electrons. The standard InChI is InChI=1S/C20H22N2O3/c23-19-16(8-5-11-21(19)14-15-6-2-1-3-7-15)20(24)22-12-13-25-18-10-4-9-17(18)22/h1-3,5-8,11,17-18H,4,9-10,12-14H2/t17-,18+/m1/s1. The number of carbonyl (C=O) groups is 1. The van der Waals surface area contributed by atoms with Crippen molar-refractivity contribution < 1.29 is 9.53 Å². The van der Waals surface area contributed by atoms with Crippen molar-refractivity contribution in [3.05, 3.63) is 70.1 Å². The lowest BCUT2D eigenvalue weighted by molar-refractivity contribution is -0.0446. The number of pyridine rings is 1. The van der Waals surface area contributed by atoms with E-state index in [-0.39, 0.29) is 29.2 Å². The molecule has 2 heterocycles. The van der Waals surface area contributed by atoms with E-state index in [2.05, 4.69) is 0 Å². The summed E-state index contributed by atoms with van der Waals surface area (Å²) in [4.78, 5) is 27.7. The molecule has 1 saturated heterocycles. The molecule has 5 heteroatoms. The van der Waals surface area contributed by atoms with Crippen LogP contribution in [0.4, 0.5) is 0 Å². The monoisotopic (exact) mass is 338 g/mol. The lowest BCUT2D eigenvalue weighted by Crippen LogP contribution is -2.52. The van der Waals surface area contributed by atoms with Crippen LogP contribution in [0.25, 0.3) is 0 Å². The van der Waals surface area contributed by atoms with Gasteiger partial charge in [0.05, 0.1) is 25.3 Å². The Morgan fingerprint density at radius 1 is 1.12 bits per heavy atom. The highest BCUT2D eigenvalue weighted by Crippen LogP contribution is 2.30. The molecule has 0 unspecified atom stereocenters. The van der Waals surface area contributed by atoms with Crippen LogP contribution in [-0.2, 0) is 11.3 Å². The number of hydrogen-bond donors (Lipinski definition) is 0. The molecule has 1 aliphatic carbocycles. The molecular weight excluding hydrogens is 316 g/mol. The van der Waals surface area contributed by atoms with Crippen LogP contribution >= 0.6 is 0 Å². The highest BCUT2D eigenvalue weighted by molar-refractivity contribution is 5.94. The fraction of sp³-hybridized carbons (Fsp3) is 0.400. The van der Waals surface area contributed by atoms with Crippen LogP contribution in [0.15, 0.2) is 53.5 Å². The third-order valence-corrected chi connectivity index (χ3v) is 5.19. The third-order valence-electron chi connectivity index (χ3n) is 5.19. The molecule has 1 aromatic heterocycles. The van der Waals surface area contributed by atoms with Crippen LogP contribution in [0.1, 0.15) is 35.2 Å². The van der Waals surface area contributed by atoms with E-state index in [1.54, 1.807) is 22.9 Å². The van der Waals surface area contributed by atoms with Crippen molar-refractivity contribution in [3.8, 4) is 0 Å². The van der Waals surface area contributed by atoms with Gasteiger partial charge in [0, 0.05) is 12.7 Å². The van der Waals surface area contributed by atoms with Gasteiger partial charge in [0.15, 0.2) is 0 Å². The van der Waals surface area contributed by atoms with Gasteiger partial charge in [0.1, 0.15) is 5.56 Å². The molecule has 2 aromatic rings. The molecule has 1 amide bonds. The lowest BCUT2D eigenvalue weighted by Gasteiger charge is -2.37. The third kappa shape index (κ3) is 3.12. The number of carbonyl (C=O) groups excluding carboxylic acids is 1. The van der Waals surface area contributed by atoms with Crippen molar-refractivity contribution in [2.75, 3.05) is 13.2 Å². The maximum atomic E-state index is 13.0. The molecular formula is C20H22N2O3. The Labute approximate surface area is 146 Å². The first-order chi connectivity index (χ1) is 12.2. The number of ether oxygens (including phenoxy) is 1. The average Bonchev–Trinajstić information content (AvgIpc) is 3.12. The van der Waals surface area contributed by atoms with Crippen molar-refractivity contribution in [1.82, 2.24) is 9.47 Å². The molecule has 5 nitrogen and oxygen atoms in total. The fourth-order valence-corrected chi connectivity index (χ4v) is 3.94. The van der Waals surface area contributed by atoms with E-state index in [4.69, 9.17) is 4.74 Å². The Hall–Kier alpha value is -2.40. The summed E-state index contributed by atoms with van der Waals surface area (Å²) >= 11 is 0. The van der Waals surface area contributed by atoms with E-state index in [0.717, 1.165) is 24.8 Å². The van der Waals surface area contributed by atoms with Crippen LogP contribution in [0.3, 0.4) is 0 Å². The van der Waals surface area contributed by atoms with E-state index < -0.39 is 0 Å². The van der Waals surface area contributed by atoms with Gasteiger partial charge in [-0.2, -0.15) is 0 Å². The van der Waals surface area contributed by atoms with Gasteiger partial charge in [-0.05, 0) is 37.0 Å². The highest BCUT2D eigenvalue weighted by atomic mass is 16.5. The van der Waals surface area contributed by atoms with Crippen LogP contribution in [0.2, 0.25) is 0 Å². The first-order valence-electron chi connectivity index (χ1n) is 8.90. The van der Waals surface area contributed by atoms with Gasteiger partial charge in [0.25, 0.3) is 11.5 Å². The molecule has 1 saturated carbocycles. The maximum Gasteiger partial charge on any atom is 0.263 e. The average molecular weight is 338 g/mol. The summed E-state index contributed by atoms with van der Waals surface area (Å²) in [6.07, 6.45) is 4.91. The Balaban J connectivity index is 1.61. The number of rotatable bonds is 3. The number of nitrogens with zero attached hydrogens (tertiary/aromatic N) is 2. The summed E-state index contributed by atoms with van der Waals surface area (Å²) in [6.45, 7) is 1.58. The van der Waals surface area contributed by atoms with Crippen LogP contribution in [-0.4, -0.2) is 40.7 Å². The van der Waals surface area contributed by atoms with Gasteiger partial charge in [0.2, 0.25) is 0 Å². The van der Waals surface area contributed by atoms with Crippen molar-refractivity contribution >= 4 is 5.91 Å². The van der Waals surface area contributed by atoms with E-state index in [9.17, 15) is 9.59 Å². The van der Waals surface area contributed by atoms with Gasteiger partial charge in [-0.15, -0.1) is 0 Å². The Morgan fingerprint density at radius 3 is 2.80 bits per heavy atom. The topological polar surface area (TPSA) is 51.5 Å². The molecule has 0 radical (unpaired) electrons. The van der Waals surface area contributed by atoms with Gasteiger partial charge >= 0.3 is 0 Å². The van der Waals surface area contributed by atoms with Crippen molar-refractivity contribution in [1.29, 1.82) is 0 Å². The summed E-state index contributed by atoms with van der Waals surface area (Å²) in [5, 5.41) is 0. The summed E-state index contributed by atoms with van der Waals surface area (Å²) < 4.78 is 7.38. The minimum Gasteiger partial charge on any atom is -0.374 e. The molecule has 25 heavy (non-hydrogen) atoms. The van der Waals surface area contributed by atoms with Crippen LogP contribution in [0.5, 0.6) is 0 Å². The molecule has 0 spiro atoms. The van der Waals surface area contributed by atoms with Crippen molar-refractivity contribution in [2.24, 2.45) is 0 Å². The van der Waals surface area contributed by atoms with Crippen LogP contribution < -0.4 is 5.56 Å². The zero-order chi connectivity index (χ0) is 17.2. The number of amides is 1. The lowest BCUT2D eigenvalue weighted by atomic mass is 10.1. The summed E-state index contributed by atoms with van der Waals surface area (Å²) in [5.41, 5.74) is 1.07. The second-order valence-corrected chi connectivity index (χ2v) is 6.75. The number of aromatic nitrogens is 1. The first-order valence-corrected chi connectivity index (χ1v) is 8.90. The minimum absolute atomic E-state index is 0.114. The largest absolute Gasteiger partial charge is 0.374 e. The molecule has 2 atom stereocenters. The Morgan fingerprint density at radius 2 is 1.96 bits per heavy atom. The van der Waals surface area contributed by atoms with E-state index in [0.29, 0.717) is 19.7 Å². The van der Waals surface area contributed by atoms with Gasteiger partial charge in [-0.3, -0.25) is 9.59 Å². The number of hydrogen-bond acceptors (Lipinski definition) is 3. The second kappa shape index (κ2) is 6.84. The molecule has 4 rings (SSSR count). The fourth-order valence-electron chi connectivity index (χ4n) is 3.94. The number of fused-ring (bicyclic) bond motifs is 1. The summed E-state index contributed by atoms with van der Waals surface area (Å²) in [7, 11) is 0. The molecule has 0 bridgehead atoms. The van der Waals surface area contributed by atoms with Gasteiger partial charge < -0.3 is 14.2 Å². The quantitative estimate of drug-likeness (QED) is 0.863. The van der Waals surface area contributed by atoms with Gasteiger partial charge in [-0.1, -0.05) is 30.3 Å².